The lowest BCUT2D eigenvalue weighted by atomic mass is 10.1. The molecule has 2 aromatic heterocycles. The summed E-state index contributed by atoms with van der Waals surface area (Å²) in [6.07, 6.45) is 3.10. The first-order valence-corrected chi connectivity index (χ1v) is 9.00. The van der Waals surface area contributed by atoms with Crippen LogP contribution in [-0.2, 0) is 0 Å². The first-order chi connectivity index (χ1) is 14.0. The number of aromatic carboxylic acids is 1. The molecule has 4 rings (SSSR count). The van der Waals surface area contributed by atoms with Gasteiger partial charge in [0.15, 0.2) is 11.5 Å². The fourth-order valence-electron chi connectivity index (χ4n) is 3.23. The van der Waals surface area contributed by atoms with Crippen LogP contribution in [-0.4, -0.2) is 39.8 Å². The Hall–Kier alpha value is -3.58. The first-order valence-electron chi connectivity index (χ1n) is 8.62. The van der Waals surface area contributed by atoms with Crippen molar-refractivity contribution in [3.8, 4) is 28.6 Å². The zero-order valence-electron chi connectivity index (χ0n) is 15.6. The van der Waals surface area contributed by atoms with Gasteiger partial charge in [-0.05, 0) is 36.4 Å². The van der Waals surface area contributed by atoms with Crippen LogP contribution in [0.25, 0.3) is 28.0 Å². The minimum Gasteiger partial charge on any atom is -0.496 e. The molecule has 0 fully saturated rings. The normalized spacial score (nSPS) is 10.9. The maximum absolute atomic E-state index is 11.7. The van der Waals surface area contributed by atoms with Crippen molar-refractivity contribution in [2.24, 2.45) is 0 Å². The Morgan fingerprint density at radius 3 is 2.48 bits per heavy atom. The van der Waals surface area contributed by atoms with Crippen molar-refractivity contribution >= 4 is 28.5 Å². The standard InChI is InChI=1S/C21H16ClN3O4/c1-28-17-4-3-5-18(29-2)19(17)20-24-15(21(26)27)11-25(20)16-8-9-23-14-10-12(22)6-7-13(14)16/h3-11H,1-2H3,(H,26,27). The molecule has 1 N–H and O–H groups in total. The zero-order valence-corrected chi connectivity index (χ0v) is 16.3. The molecular weight excluding hydrogens is 394 g/mol. The summed E-state index contributed by atoms with van der Waals surface area (Å²) in [4.78, 5) is 20.4. The van der Waals surface area contributed by atoms with Gasteiger partial charge in [-0.3, -0.25) is 9.55 Å². The number of aromatic nitrogens is 3. The van der Waals surface area contributed by atoms with Crippen LogP contribution in [0.15, 0.2) is 54.9 Å². The van der Waals surface area contributed by atoms with E-state index in [1.54, 1.807) is 47.2 Å². The van der Waals surface area contributed by atoms with Crippen molar-refractivity contribution in [1.29, 1.82) is 0 Å². The smallest absolute Gasteiger partial charge is 0.356 e. The molecule has 29 heavy (non-hydrogen) atoms. The number of fused-ring (bicyclic) bond motifs is 1. The molecule has 0 bridgehead atoms. The lowest BCUT2D eigenvalue weighted by Crippen LogP contribution is -2.01. The summed E-state index contributed by atoms with van der Waals surface area (Å²) in [6, 6.07) is 12.4. The summed E-state index contributed by atoms with van der Waals surface area (Å²) in [5.41, 5.74) is 1.82. The number of carboxylic acids is 1. The molecule has 2 heterocycles. The van der Waals surface area contributed by atoms with E-state index in [0.29, 0.717) is 39.1 Å². The zero-order chi connectivity index (χ0) is 20.5. The van der Waals surface area contributed by atoms with Crippen LogP contribution in [0.2, 0.25) is 5.02 Å². The molecule has 146 valence electrons. The van der Waals surface area contributed by atoms with Gasteiger partial charge in [0, 0.05) is 22.8 Å². The molecule has 0 spiro atoms. The maximum Gasteiger partial charge on any atom is 0.356 e. The van der Waals surface area contributed by atoms with E-state index in [2.05, 4.69) is 9.97 Å². The lowest BCUT2D eigenvalue weighted by molar-refractivity contribution is 0.0691. The molecule has 8 heteroatoms. The van der Waals surface area contributed by atoms with Crippen molar-refractivity contribution in [3.05, 3.63) is 65.6 Å². The van der Waals surface area contributed by atoms with Crippen molar-refractivity contribution in [3.63, 3.8) is 0 Å². The maximum atomic E-state index is 11.7. The summed E-state index contributed by atoms with van der Waals surface area (Å²) < 4.78 is 12.7. The van der Waals surface area contributed by atoms with E-state index in [1.807, 2.05) is 6.07 Å². The number of benzene rings is 2. The molecule has 0 radical (unpaired) electrons. The molecule has 0 aliphatic carbocycles. The van der Waals surface area contributed by atoms with Gasteiger partial charge in [0.2, 0.25) is 0 Å². The van der Waals surface area contributed by atoms with E-state index in [4.69, 9.17) is 21.1 Å². The highest BCUT2D eigenvalue weighted by atomic mass is 35.5. The van der Waals surface area contributed by atoms with Crippen molar-refractivity contribution in [1.82, 2.24) is 14.5 Å². The Morgan fingerprint density at radius 1 is 1.10 bits per heavy atom. The van der Waals surface area contributed by atoms with E-state index in [-0.39, 0.29) is 5.69 Å². The third-order valence-electron chi connectivity index (χ3n) is 4.52. The van der Waals surface area contributed by atoms with Crippen LogP contribution >= 0.6 is 11.6 Å². The van der Waals surface area contributed by atoms with Gasteiger partial charge in [-0.1, -0.05) is 17.7 Å². The Morgan fingerprint density at radius 2 is 1.83 bits per heavy atom. The van der Waals surface area contributed by atoms with Gasteiger partial charge in [0.25, 0.3) is 0 Å². The average Bonchev–Trinajstić information content (AvgIpc) is 3.17. The number of nitrogens with zero attached hydrogens (tertiary/aromatic N) is 3. The predicted molar refractivity (Wildman–Crippen MR) is 109 cm³/mol. The molecule has 4 aromatic rings. The Kier molecular flexibility index (Phi) is 4.82. The molecule has 0 saturated heterocycles. The molecule has 0 unspecified atom stereocenters. The molecule has 0 aliphatic heterocycles. The fraction of sp³-hybridized carbons (Fsp3) is 0.0952. The van der Waals surface area contributed by atoms with Crippen LogP contribution in [0, 0.1) is 0 Å². The van der Waals surface area contributed by atoms with Gasteiger partial charge >= 0.3 is 5.97 Å². The number of hydrogen-bond acceptors (Lipinski definition) is 5. The number of methoxy groups -OCH3 is 2. The summed E-state index contributed by atoms with van der Waals surface area (Å²) in [7, 11) is 3.07. The van der Waals surface area contributed by atoms with Crippen LogP contribution in [0.1, 0.15) is 10.5 Å². The molecular formula is C21H16ClN3O4. The highest BCUT2D eigenvalue weighted by Gasteiger charge is 2.23. The molecule has 0 saturated carbocycles. The SMILES string of the molecule is COc1cccc(OC)c1-c1nc(C(=O)O)cn1-c1ccnc2cc(Cl)ccc12. The topological polar surface area (TPSA) is 86.5 Å². The fourth-order valence-corrected chi connectivity index (χ4v) is 3.40. The third-order valence-corrected chi connectivity index (χ3v) is 4.75. The number of carboxylic acid groups (broad SMARTS) is 1. The van der Waals surface area contributed by atoms with Crippen LogP contribution < -0.4 is 9.47 Å². The number of halogens is 1. The van der Waals surface area contributed by atoms with Gasteiger partial charge in [-0.2, -0.15) is 0 Å². The minimum absolute atomic E-state index is 0.105. The lowest BCUT2D eigenvalue weighted by Gasteiger charge is -2.15. The first kappa shape index (κ1) is 18.8. The predicted octanol–water partition coefficient (Wildman–Crippen LogP) is 4.46. The Labute approximate surface area is 171 Å². The van der Waals surface area contributed by atoms with Gasteiger partial charge < -0.3 is 14.6 Å². The second-order valence-corrected chi connectivity index (χ2v) is 6.59. The second-order valence-electron chi connectivity index (χ2n) is 6.15. The molecule has 0 aliphatic rings. The molecule has 0 atom stereocenters. The number of carbonyl (C=O) groups is 1. The Bertz CT molecular complexity index is 1210. The largest absolute Gasteiger partial charge is 0.496 e. The third kappa shape index (κ3) is 3.25. The van der Waals surface area contributed by atoms with Crippen LogP contribution in [0.4, 0.5) is 0 Å². The second kappa shape index (κ2) is 7.44. The average molecular weight is 410 g/mol. The van der Waals surface area contributed by atoms with Gasteiger partial charge in [-0.15, -0.1) is 0 Å². The van der Waals surface area contributed by atoms with Crippen LogP contribution in [0.5, 0.6) is 11.5 Å². The monoisotopic (exact) mass is 409 g/mol. The number of pyridine rings is 1. The summed E-state index contributed by atoms with van der Waals surface area (Å²) >= 11 is 6.10. The van der Waals surface area contributed by atoms with Crippen molar-refractivity contribution in [2.75, 3.05) is 14.2 Å². The van der Waals surface area contributed by atoms with E-state index >= 15 is 0 Å². The van der Waals surface area contributed by atoms with Crippen molar-refractivity contribution < 1.29 is 19.4 Å². The van der Waals surface area contributed by atoms with Crippen LogP contribution in [0.3, 0.4) is 0 Å². The molecule has 0 amide bonds. The highest BCUT2D eigenvalue weighted by Crippen LogP contribution is 2.39. The number of imidazole rings is 1. The molecule has 7 nitrogen and oxygen atoms in total. The summed E-state index contributed by atoms with van der Waals surface area (Å²) in [5, 5.41) is 10.9. The summed E-state index contributed by atoms with van der Waals surface area (Å²) in [6.45, 7) is 0. The quantitative estimate of drug-likeness (QED) is 0.523. The van der Waals surface area contributed by atoms with E-state index in [1.165, 1.54) is 20.4 Å². The van der Waals surface area contributed by atoms with Gasteiger partial charge in [0.05, 0.1) is 25.4 Å². The van der Waals surface area contributed by atoms with E-state index < -0.39 is 5.97 Å². The number of ether oxygens (including phenoxy) is 2. The molecule has 2 aromatic carbocycles. The summed E-state index contributed by atoms with van der Waals surface area (Å²) in [5.74, 6) is 0.253. The Balaban J connectivity index is 2.07. The van der Waals surface area contributed by atoms with Crippen molar-refractivity contribution in [2.45, 2.75) is 0 Å². The number of hydrogen-bond donors (Lipinski definition) is 1. The number of rotatable bonds is 5. The van der Waals surface area contributed by atoms with Gasteiger partial charge in [0.1, 0.15) is 17.1 Å². The van der Waals surface area contributed by atoms with E-state index in [0.717, 1.165) is 5.39 Å². The van der Waals surface area contributed by atoms with Gasteiger partial charge in [-0.25, -0.2) is 9.78 Å². The highest BCUT2D eigenvalue weighted by molar-refractivity contribution is 6.31. The minimum atomic E-state index is -1.14. The van der Waals surface area contributed by atoms with E-state index in [9.17, 15) is 9.90 Å².